The molecule has 0 amide bonds. The zero-order chi connectivity index (χ0) is 22.1. The third-order valence-corrected chi connectivity index (χ3v) is 6.07. The Hall–Kier alpha value is -3.71. The molecule has 32 heavy (non-hydrogen) atoms. The molecule has 0 saturated carbocycles. The summed E-state index contributed by atoms with van der Waals surface area (Å²) in [7, 11) is 0. The molecule has 0 spiro atoms. The molecule has 0 fully saturated rings. The van der Waals surface area contributed by atoms with Crippen molar-refractivity contribution in [3.05, 3.63) is 106 Å². The molecule has 0 aliphatic rings. The molecule has 5 aromatic rings. The predicted octanol–water partition coefficient (Wildman–Crippen LogP) is 5.78. The molecule has 7 heteroatoms. The number of thioether (sulfide) groups is 1. The molecule has 0 unspecified atom stereocenters. The van der Waals surface area contributed by atoms with Gasteiger partial charge in [-0.15, -0.1) is 10.2 Å². The fraction of sp³-hybridized carbons (Fsp3) is 0.0800. The first-order valence-corrected chi connectivity index (χ1v) is 11.0. The number of fused-ring (bicyclic) bond motifs is 1. The Bertz CT molecular complexity index is 1460. The van der Waals surface area contributed by atoms with Crippen LogP contribution >= 0.6 is 11.8 Å². The van der Waals surface area contributed by atoms with Crippen LogP contribution in [0.3, 0.4) is 0 Å². The van der Waals surface area contributed by atoms with Crippen molar-refractivity contribution in [2.45, 2.75) is 17.8 Å². The largest absolute Gasteiger partial charge is 0.423 e. The van der Waals surface area contributed by atoms with Crippen molar-refractivity contribution < 1.29 is 8.81 Å². The molecule has 0 radical (unpaired) electrons. The second kappa shape index (κ2) is 8.43. The first kappa shape index (κ1) is 20.2. The number of halogens is 1. The summed E-state index contributed by atoms with van der Waals surface area (Å²) < 4.78 is 20.8. The third kappa shape index (κ3) is 3.94. The minimum Gasteiger partial charge on any atom is -0.423 e. The Morgan fingerprint density at radius 3 is 2.53 bits per heavy atom. The van der Waals surface area contributed by atoms with Gasteiger partial charge in [0.2, 0.25) is 0 Å². The van der Waals surface area contributed by atoms with Gasteiger partial charge < -0.3 is 4.42 Å². The van der Waals surface area contributed by atoms with Gasteiger partial charge in [-0.3, -0.25) is 4.57 Å². The van der Waals surface area contributed by atoms with E-state index in [0.29, 0.717) is 22.3 Å². The highest BCUT2D eigenvalue weighted by molar-refractivity contribution is 7.98. The molecule has 5 rings (SSSR count). The number of rotatable bonds is 5. The maximum Gasteiger partial charge on any atom is 0.336 e. The van der Waals surface area contributed by atoms with Crippen molar-refractivity contribution in [1.29, 1.82) is 0 Å². The van der Waals surface area contributed by atoms with Gasteiger partial charge in [0, 0.05) is 28.5 Å². The molecule has 0 N–H and O–H groups in total. The number of hydrogen-bond acceptors (Lipinski definition) is 5. The van der Waals surface area contributed by atoms with Crippen LogP contribution in [0.15, 0.2) is 93.2 Å². The molecule has 0 atom stereocenters. The Morgan fingerprint density at radius 2 is 1.75 bits per heavy atom. The van der Waals surface area contributed by atoms with Gasteiger partial charge in [0.25, 0.3) is 0 Å². The SMILES string of the molecule is Cc1ccc2c(CSc3nnc(-c4ccc(F)cc4)n3-c3ccccc3)cc(=O)oc2c1. The molecule has 2 heterocycles. The van der Waals surface area contributed by atoms with E-state index in [-0.39, 0.29) is 11.4 Å². The first-order valence-electron chi connectivity index (χ1n) is 10.0. The molecule has 3 aromatic carbocycles. The van der Waals surface area contributed by atoms with Crippen LogP contribution in [-0.2, 0) is 5.75 Å². The molecule has 2 aromatic heterocycles. The van der Waals surface area contributed by atoms with Crippen LogP contribution in [0.5, 0.6) is 0 Å². The Morgan fingerprint density at radius 1 is 0.969 bits per heavy atom. The van der Waals surface area contributed by atoms with E-state index in [0.717, 1.165) is 27.8 Å². The van der Waals surface area contributed by atoms with E-state index in [1.807, 2.05) is 60.0 Å². The predicted molar refractivity (Wildman–Crippen MR) is 124 cm³/mol. The zero-order valence-electron chi connectivity index (χ0n) is 17.2. The lowest BCUT2D eigenvalue weighted by atomic mass is 10.1. The minimum atomic E-state index is -0.379. The second-order valence-corrected chi connectivity index (χ2v) is 8.31. The van der Waals surface area contributed by atoms with E-state index < -0.39 is 0 Å². The average Bonchev–Trinajstić information content (AvgIpc) is 3.22. The number of benzene rings is 3. The standard InChI is InChI=1S/C25H18FN3O2S/c1-16-7-12-21-18(14-23(30)31-22(21)13-16)15-32-25-28-27-24(17-8-10-19(26)11-9-17)29(25)20-5-3-2-4-6-20/h2-14H,15H2,1H3. The van der Waals surface area contributed by atoms with Crippen LogP contribution < -0.4 is 5.63 Å². The average molecular weight is 444 g/mol. The normalized spacial score (nSPS) is 11.2. The molecular weight excluding hydrogens is 425 g/mol. The summed E-state index contributed by atoms with van der Waals surface area (Å²) in [6, 6.07) is 23.3. The van der Waals surface area contributed by atoms with Gasteiger partial charge in [0.05, 0.1) is 0 Å². The number of para-hydroxylation sites is 1. The Balaban J connectivity index is 1.56. The summed E-state index contributed by atoms with van der Waals surface area (Å²) in [6.45, 7) is 1.96. The number of aromatic nitrogens is 3. The van der Waals surface area contributed by atoms with Crippen molar-refractivity contribution in [1.82, 2.24) is 14.8 Å². The Labute approximate surface area is 187 Å². The summed E-state index contributed by atoms with van der Waals surface area (Å²) in [5.41, 5.74) is 3.74. The molecule has 0 aliphatic carbocycles. The van der Waals surface area contributed by atoms with E-state index in [1.54, 1.807) is 12.1 Å². The van der Waals surface area contributed by atoms with Crippen molar-refractivity contribution in [3.63, 3.8) is 0 Å². The van der Waals surface area contributed by atoms with Gasteiger partial charge in [-0.05, 0) is 60.5 Å². The number of nitrogens with zero attached hydrogens (tertiary/aromatic N) is 3. The summed E-state index contributed by atoms with van der Waals surface area (Å²) in [4.78, 5) is 12.1. The lowest BCUT2D eigenvalue weighted by molar-refractivity contribution is 0.559. The fourth-order valence-corrected chi connectivity index (χ4v) is 4.50. The summed E-state index contributed by atoms with van der Waals surface area (Å²) in [6.07, 6.45) is 0. The van der Waals surface area contributed by atoms with E-state index in [1.165, 1.54) is 30.0 Å². The van der Waals surface area contributed by atoms with Crippen molar-refractivity contribution in [2.24, 2.45) is 0 Å². The fourth-order valence-electron chi connectivity index (χ4n) is 3.56. The second-order valence-electron chi connectivity index (χ2n) is 7.36. The van der Waals surface area contributed by atoms with Gasteiger partial charge in [-0.1, -0.05) is 42.1 Å². The smallest absolute Gasteiger partial charge is 0.336 e. The third-order valence-electron chi connectivity index (χ3n) is 5.09. The van der Waals surface area contributed by atoms with Crippen LogP contribution in [0.1, 0.15) is 11.1 Å². The first-order chi connectivity index (χ1) is 15.6. The molecular formula is C25H18FN3O2S. The minimum absolute atomic E-state index is 0.306. The van der Waals surface area contributed by atoms with Crippen LogP contribution in [0.4, 0.5) is 4.39 Å². The van der Waals surface area contributed by atoms with E-state index >= 15 is 0 Å². The van der Waals surface area contributed by atoms with Crippen molar-refractivity contribution in [2.75, 3.05) is 0 Å². The van der Waals surface area contributed by atoms with Crippen LogP contribution in [0.25, 0.3) is 28.0 Å². The maximum atomic E-state index is 13.4. The van der Waals surface area contributed by atoms with Crippen LogP contribution in [-0.4, -0.2) is 14.8 Å². The van der Waals surface area contributed by atoms with E-state index in [9.17, 15) is 9.18 Å². The van der Waals surface area contributed by atoms with Crippen LogP contribution in [0, 0.1) is 12.7 Å². The van der Waals surface area contributed by atoms with Crippen molar-refractivity contribution >= 4 is 22.7 Å². The lowest BCUT2D eigenvalue weighted by Gasteiger charge is -2.11. The summed E-state index contributed by atoms with van der Waals surface area (Å²) in [5.74, 6) is 0.824. The highest BCUT2D eigenvalue weighted by atomic mass is 32.2. The van der Waals surface area contributed by atoms with Gasteiger partial charge in [0.15, 0.2) is 11.0 Å². The molecule has 158 valence electrons. The number of aryl methyl sites for hydroxylation is 1. The summed E-state index contributed by atoms with van der Waals surface area (Å²) >= 11 is 1.48. The quantitative estimate of drug-likeness (QED) is 0.255. The topological polar surface area (TPSA) is 60.9 Å². The molecule has 0 aliphatic heterocycles. The Kier molecular flexibility index (Phi) is 5.33. The van der Waals surface area contributed by atoms with E-state index in [4.69, 9.17) is 4.42 Å². The van der Waals surface area contributed by atoms with Gasteiger partial charge in [-0.25, -0.2) is 9.18 Å². The summed E-state index contributed by atoms with van der Waals surface area (Å²) in [5, 5.41) is 10.4. The van der Waals surface area contributed by atoms with E-state index in [2.05, 4.69) is 10.2 Å². The molecule has 0 saturated heterocycles. The van der Waals surface area contributed by atoms with Crippen molar-refractivity contribution in [3.8, 4) is 17.1 Å². The molecule has 0 bridgehead atoms. The van der Waals surface area contributed by atoms with Gasteiger partial charge in [-0.2, -0.15) is 0 Å². The lowest BCUT2D eigenvalue weighted by Crippen LogP contribution is -2.02. The van der Waals surface area contributed by atoms with Crippen LogP contribution in [0.2, 0.25) is 0 Å². The maximum absolute atomic E-state index is 13.4. The highest BCUT2D eigenvalue weighted by Gasteiger charge is 2.17. The zero-order valence-corrected chi connectivity index (χ0v) is 18.0. The number of hydrogen-bond donors (Lipinski definition) is 0. The molecule has 5 nitrogen and oxygen atoms in total. The monoisotopic (exact) mass is 443 g/mol. The highest BCUT2D eigenvalue weighted by Crippen LogP contribution is 2.31. The van der Waals surface area contributed by atoms with Gasteiger partial charge in [0.1, 0.15) is 11.4 Å². The van der Waals surface area contributed by atoms with Gasteiger partial charge >= 0.3 is 5.63 Å².